The number of carbonyl (C=O) groups excluding carboxylic acids is 14. The van der Waals surface area contributed by atoms with Crippen molar-refractivity contribution in [3.05, 3.63) is 65.7 Å². The quantitative estimate of drug-likeness (QED) is 0.0127. The van der Waals surface area contributed by atoms with Crippen molar-refractivity contribution in [3.63, 3.8) is 0 Å². The number of aromatic hydroxyl groups is 1. The number of carbonyl (C=O) groups is 15. The van der Waals surface area contributed by atoms with E-state index in [0.29, 0.717) is 30.4 Å². The standard InChI is InChI=1S/C75H124N20O21S/c1-10-40(6)58(71(112)91-53(35-96)67(108)88-51(33-45-24-26-46(100)27-25-45)62(103)82-34-56(101)84-47(23-18-30-81-75(79)80)64(105)86-49(74(115)116)22-15-17-29-77)93-68(109)54(36-97)90-65(106)50(31-38(2)3)87-61(102)41(7)83-63(104)48(21-14-16-28-76)85-72(113)59(42(8)98)95-73(114)60(43(9)99)94-66(107)52(32-44-19-12-11-13-20-44)89-69(110)55(37-117)92-70(111)57(78)39(4)5/h11-13,19-20,24-27,38-43,47-55,57-60,96-100,117H,10,14-18,21-23,28-37,76-78H2,1-9H3,(H,82,103)(H,83,104)(H,84,101)(H,85,113)(H,86,105)(H,87,102)(H,88,108)(H,89,110)(H,90,106)(H,91,112)(H,92,111)(H,93,109)(H,94,107)(H,95,114)(H,115,116)(H4,79,80,81)/t40-,41-,42+,43+,47-,48-,49-,50-,51-,52-,53-,54-,55-,57-,58-,59-,60-/m0/s1. The first-order valence-corrected chi connectivity index (χ1v) is 39.5. The smallest absolute Gasteiger partial charge is 0.326 e. The molecule has 17 atom stereocenters. The minimum atomic E-state index is -1.88. The molecular formula is C75H124N20O21S. The first-order chi connectivity index (χ1) is 55.2. The Hall–Kier alpha value is -10.4. The third kappa shape index (κ3) is 37.6. The Kier molecular flexibility index (Phi) is 47.2. The van der Waals surface area contributed by atoms with Crippen LogP contribution >= 0.6 is 12.6 Å². The van der Waals surface area contributed by atoms with E-state index in [2.05, 4.69) is 92.1 Å². The average molecular weight is 1670 g/mol. The van der Waals surface area contributed by atoms with Gasteiger partial charge in [0.15, 0.2) is 5.96 Å². The number of benzene rings is 2. The zero-order valence-electron chi connectivity index (χ0n) is 67.7. The topological polar surface area (TPSA) is 688 Å². The maximum absolute atomic E-state index is 14.2. The summed E-state index contributed by atoms with van der Waals surface area (Å²) in [6.07, 6.45) is -2.48. The van der Waals surface area contributed by atoms with E-state index in [1.54, 1.807) is 65.0 Å². The molecule has 0 aromatic heterocycles. The van der Waals surface area contributed by atoms with Gasteiger partial charge in [-0.05, 0) is 133 Å². The third-order valence-electron chi connectivity index (χ3n) is 18.6. The van der Waals surface area contributed by atoms with Crippen LogP contribution in [0.1, 0.15) is 138 Å². The summed E-state index contributed by atoms with van der Waals surface area (Å²) in [5.74, 6) is -17.3. The van der Waals surface area contributed by atoms with Gasteiger partial charge in [-0.15, -0.1) is 0 Å². The minimum absolute atomic E-state index is 0.0247. The van der Waals surface area contributed by atoms with Crippen molar-refractivity contribution in [3.8, 4) is 5.75 Å². The van der Waals surface area contributed by atoms with Crippen molar-refractivity contribution in [2.24, 2.45) is 51.4 Å². The zero-order chi connectivity index (χ0) is 88.3. The van der Waals surface area contributed by atoms with E-state index in [1.165, 1.54) is 38.1 Å². The number of rotatable bonds is 55. The molecule has 42 heteroatoms. The second-order valence-electron chi connectivity index (χ2n) is 29.2. The Bertz CT molecular complexity index is 3600. The highest BCUT2D eigenvalue weighted by Crippen LogP contribution is 2.16. The fourth-order valence-electron chi connectivity index (χ4n) is 11.4. The van der Waals surface area contributed by atoms with Gasteiger partial charge in [0.1, 0.15) is 84.3 Å². The molecule has 0 aliphatic rings. The molecule has 0 aliphatic heterocycles. The summed E-state index contributed by atoms with van der Waals surface area (Å²) in [5.41, 5.74) is 29.1. The summed E-state index contributed by atoms with van der Waals surface area (Å²) >= 11 is 4.21. The lowest BCUT2D eigenvalue weighted by molar-refractivity contribution is -0.142. The first kappa shape index (κ1) is 103. The number of nitrogens with one attached hydrogen (secondary N) is 14. The molecule has 0 heterocycles. The molecular weight excluding hydrogens is 1550 g/mol. The molecule has 2 rings (SSSR count). The van der Waals surface area contributed by atoms with Crippen LogP contribution in [0.4, 0.5) is 0 Å². The molecule has 0 radical (unpaired) electrons. The molecule has 0 fully saturated rings. The highest BCUT2D eigenvalue weighted by molar-refractivity contribution is 7.80. The van der Waals surface area contributed by atoms with Gasteiger partial charge in [0.2, 0.25) is 82.7 Å². The van der Waals surface area contributed by atoms with Gasteiger partial charge in [0.05, 0.1) is 38.0 Å². The van der Waals surface area contributed by atoms with Crippen molar-refractivity contribution in [1.82, 2.24) is 74.4 Å². The number of phenols is 1. The number of unbranched alkanes of at least 4 members (excludes halogenated alkanes) is 2. The number of phenolic OH excluding ortho intramolecular Hbond substituents is 1. The predicted octanol–water partition coefficient (Wildman–Crippen LogP) is -7.24. The fourth-order valence-corrected chi connectivity index (χ4v) is 11.6. The molecule has 41 nitrogen and oxygen atoms in total. The lowest BCUT2D eigenvalue weighted by Gasteiger charge is -2.29. The number of guanidine groups is 1. The Morgan fingerprint density at radius 3 is 1.35 bits per heavy atom. The highest BCUT2D eigenvalue weighted by Gasteiger charge is 2.40. The summed E-state index contributed by atoms with van der Waals surface area (Å²) in [7, 11) is 0. The van der Waals surface area contributed by atoms with E-state index >= 15 is 0 Å². The number of hydrogen-bond acceptors (Lipinski definition) is 25. The predicted molar refractivity (Wildman–Crippen MR) is 432 cm³/mol. The largest absolute Gasteiger partial charge is 0.508 e. The molecule has 0 saturated heterocycles. The average Bonchev–Trinajstić information content (AvgIpc) is 0.846. The fraction of sp³-hybridized carbons (Fsp3) is 0.627. The van der Waals surface area contributed by atoms with Crippen molar-refractivity contribution >= 4 is 107 Å². The second kappa shape index (κ2) is 53.8. The van der Waals surface area contributed by atoms with E-state index in [-0.39, 0.29) is 107 Å². The van der Waals surface area contributed by atoms with E-state index in [4.69, 9.17) is 28.7 Å². The summed E-state index contributed by atoms with van der Waals surface area (Å²) in [6, 6.07) is -7.66. The number of carboxylic acids is 1. The number of carboxylic acid groups (broad SMARTS) is 1. The number of aliphatic hydroxyl groups excluding tert-OH is 4. The number of hydrogen-bond donors (Lipinski definition) is 26. The van der Waals surface area contributed by atoms with Crippen LogP contribution in [0.5, 0.6) is 5.75 Å². The van der Waals surface area contributed by atoms with Crippen molar-refractivity contribution in [1.29, 1.82) is 0 Å². The minimum Gasteiger partial charge on any atom is -0.508 e. The number of aliphatic carboxylic acids is 1. The molecule has 2 aromatic carbocycles. The maximum atomic E-state index is 14.2. The Labute approximate surface area is 685 Å². The number of aliphatic imine (C=N–C) groups is 1. The molecule has 656 valence electrons. The molecule has 14 amide bonds. The molecule has 0 saturated carbocycles. The Balaban J connectivity index is 2.34. The summed E-state index contributed by atoms with van der Waals surface area (Å²) < 4.78 is 0. The van der Waals surface area contributed by atoms with Crippen molar-refractivity contribution in [2.75, 3.05) is 45.1 Å². The number of amides is 14. The normalized spacial score (nSPS) is 15.6. The van der Waals surface area contributed by atoms with Crippen molar-refractivity contribution < 1.29 is 103 Å². The van der Waals surface area contributed by atoms with Gasteiger partial charge in [-0.1, -0.05) is 90.4 Å². The number of thiol groups is 1. The lowest BCUT2D eigenvalue weighted by Crippen LogP contribution is -2.63. The molecule has 0 spiro atoms. The van der Waals surface area contributed by atoms with Gasteiger partial charge in [-0.25, -0.2) is 4.79 Å². The third-order valence-corrected chi connectivity index (χ3v) is 18.9. The second-order valence-corrected chi connectivity index (χ2v) is 29.6. The monoisotopic (exact) mass is 1670 g/mol. The number of nitrogens with zero attached hydrogens (tertiary/aromatic N) is 1. The van der Waals surface area contributed by atoms with Crippen LogP contribution in [0.25, 0.3) is 0 Å². The van der Waals surface area contributed by atoms with Gasteiger partial charge in [-0.2, -0.15) is 12.6 Å². The molecule has 0 unspecified atom stereocenters. The zero-order valence-corrected chi connectivity index (χ0v) is 68.6. The number of aliphatic hydroxyl groups is 4. The Morgan fingerprint density at radius 1 is 0.444 bits per heavy atom. The number of nitrogens with two attached hydrogens (primary N) is 5. The van der Waals surface area contributed by atoms with Crippen LogP contribution in [-0.4, -0.2) is 267 Å². The lowest BCUT2D eigenvalue weighted by atomic mass is 9.97. The van der Waals surface area contributed by atoms with Crippen LogP contribution in [0.3, 0.4) is 0 Å². The van der Waals surface area contributed by atoms with Gasteiger partial charge >= 0.3 is 5.97 Å². The van der Waals surface area contributed by atoms with Gasteiger partial charge in [0, 0.05) is 25.1 Å². The highest BCUT2D eigenvalue weighted by atomic mass is 32.1. The molecule has 2 aromatic rings. The Morgan fingerprint density at radius 2 is 0.846 bits per heavy atom. The molecule has 117 heavy (non-hydrogen) atoms. The van der Waals surface area contributed by atoms with Crippen LogP contribution in [0.2, 0.25) is 0 Å². The molecule has 0 bridgehead atoms. The van der Waals surface area contributed by atoms with Gasteiger partial charge in [0.25, 0.3) is 0 Å². The summed E-state index contributed by atoms with van der Waals surface area (Å²) in [6.45, 7) is 10.9. The van der Waals surface area contributed by atoms with Gasteiger partial charge < -0.3 is 134 Å². The first-order valence-electron chi connectivity index (χ1n) is 38.8. The van der Waals surface area contributed by atoms with Crippen molar-refractivity contribution in [2.45, 2.75) is 236 Å². The van der Waals surface area contributed by atoms with Crippen LogP contribution < -0.4 is 103 Å². The maximum Gasteiger partial charge on any atom is 0.326 e. The van der Waals surface area contributed by atoms with Crippen LogP contribution in [0, 0.1) is 17.8 Å². The summed E-state index contributed by atoms with van der Waals surface area (Å²) in [4.78, 5) is 210. The molecule has 30 N–H and O–H groups in total. The van der Waals surface area contributed by atoms with E-state index < -0.39 is 211 Å². The van der Waals surface area contributed by atoms with E-state index in [1.807, 2.05) is 0 Å². The van der Waals surface area contributed by atoms with E-state index in [9.17, 15) is 103 Å². The van der Waals surface area contributed by atoms with Crippen LogP contribution in [-0.2, 0) is 84.8 Å². The SMILES string of the molecule is CC[C@H](C)[C@H](NC(=O)[C@H](CO)NC(=O)[C@H](CC(C)C)NC(=O)[C@H](C)NC(=O)[C@H](CCCCN)NC(=O)[C@@H](NC(=O)[C@@H](NC(=O)[C@H](Cc1ccccc1)NC(=O)[C@H](CS)NC(=O)[C@@H](N)C(C)C)[C@@H](C)O)[C@@H](C)O)C(=O)N[C@@H](CO)C(=O)N[C@@H](Cc1ccc(O)cc1)C(=O)NCC(=O)N[C@@H](CCCN=C(N)N)C(=O)N[C@@H](CCCCN)C(=O)O. The van der Waals surface area contributed by atoms with Crippen LogP contribution in [0.15, 0.2) is 59.6 Å². The summed E-state index contributed by atoms with van der Waals surface area (Å²) in [5, 5.41) is 96.8. The van der Waals surface area contributed by atoms with E-state index in [0.717, 1.165) is 13.8 Å². The van der Waals surface area contributed by atoms with Gasteiger partial charge in [-0.3, -0.25) is 72.1 Å². The molecule has 0 aliphatic carbocycles.